The van der Waals surface area contributed by atoms with Crippen LogP contribution in [0.5, 0.6) is 0 Å². The molecule has 0 N–H and O–H groups in total. The van der Waals surface area contributed by atoms with Gasteiger partial charge in [0.05, 0.1) is 5.60 Å². The van der Waals surface area contributed by atoms with Crippen LogP contribution >= 0.6 is 0 Å². The molecule has 8 rings (SSSR count). The lowest BCUT2D eigenvalue weighted by Gasteiger charge is -2.34. The molecule has 1 saturated carbocycles. The zero-order valence-electron chi connectivity index (χ0n) is 46.1. The lowest BCUT2D eigenvalue weighted by molar-refractivity contribution is -0.0472. The van der Waals surface area contributed by atoms with Gasteiger partial charge in [0.1, 0.15) is 12.5 Å². The normalized spacial score (nSPS) is 24.5. The SMILES string of the molecule is C=C1C[C@@H](C(C)C)N(C(C)C)C1.CC(C)[C@@H]1Cc2ccccc2N1C(C)C.CC(C)[C@@H]1OC2(CC2)CN1C(C)C.CC(C)[C@@H]1OC=CN1C(C)C.CC(C)[C@@H]1c2ccccc2CN1C(C)C. The van der Waals surface area contributed by atoms with Gasteiger partial charge < -0.3 is 19.3 Å². The fraction of sp³-hybridized carbons (Fsp3) is 0.729. The zero-order valence-corrected chi connectivity index (χ0v) is 46.1. The topological polar surface area (TPSA) is 34.7 Å². The van der Waals surface area contributed by atoms with E-state index in [9.17, 15) is 0 Å². The van der Waals surface area contributed by atoms with Gasteiger partial charge >= 0.3 is 0 Å². The maximum atomic E-state index is 6.12. The van der Waals surface area contributed by atoms with Crippen LogP contribution in [0.4, 0.5) is 5.69 Å². The molecule has 2 aromatic rings. The molecule has 0 bridgehead atoms. The van der Waals surface area contributed by atoms with Gasteiger partial charge in [-0.25, -0.2) is 0 Å². The third-order valence-corrected chi connectivity index (χ3v) is 14.6. The highest BCUT2D eigenvalue weighted by atomic mass is 16.5. The van der Waals surface area contributed by atoms with Crippen molar-refractivity contribution >= 4 is 5.69 Å². The van der Waals surface area contributed by atoms with Gasteiger partial charge in [0, 0.05) is 85.8 Å². The molecule has 0 aromatic heterocycles. The Balaban J connectivity index is 0.000000181. The van der Waals surface area contributed by atoms with Crippen LogP contribution in [0.3, 0.4) is 0 Å². The Morgan fingerprint density at radius 2 is 1.08 bits per heavy atom. The van der Waals surface area contributed by atoms with Crippen molar-refractivity contribution in [2.75, 3.05) is 18.0 Å². The Morgan fingerprint density at radius 3 is 1.52 bits per heavy atom. The summed E-state index contributed by atoms with van der Waals surface area (Å²) in [5, 5.41) is 0. The second kappa shape index (κ2) is 24.6. The number of likely N-dealkylation sites (tertiary alicyclic amines) is 1. The van der Waals surface area contributed by atoms with Crippen molar-refractivity contribution in [1.82, 2.24) is 19.6 Å². The molecule has 7 heteroatoms. The van der Waals surface area contributed by atoms with Crippen LogP contribution in [0, 0.1) is 29.6 Å². The van der Waals surface area contributed by atoms with E-state index in [-0.39, 0.29) is 11.8 Å². The average molecular weight is 912 g/mol. The summed E-state index contributed by atoms with van der Waals surface area (Å²) < 4.78 is 11.6. The summed E-state index contributed by atoms with van der Waals surface area (Å²) in [6, 6.07) is 22.8. The standard InChI is InChI=1S/2C14H21N.C11H21NO.C11H21N.C9H17NO/c1-10(2)14-13-8-6-5-7-12(13)9-15(14)11(3)4;1-10(2)14-9-12-7-5-6-8-13(12)15(14)11(3)4;1-8(2)10-12(9(3)4)7-11(13-10)5-6-11;1-8(2)11-6-10(5)7-12(11)9(3)4;1-7(2)9-10(8(3)4)5-6-11-9/h2*5-8,10-11,14H,9H2,1-4H3;8-10H,5-7H2,1-4H3;8-9,11H,5-7H2,1-4H3;5-9H,1-4H3/t2*14-;10-;11-;9-/m10000/s1. The highest BCUT2D eigenvalue weighted by Gasteiger charge is 2.54. The molecule has 66 heavy (non-hydrogen) atoms. The maximum absolute atomic E-state index is 6.12. The molecule has 0 unspecified atom stereocenters. The number of hydrogen-bond donors (Lipinski definition) is 0. The summed E-state index contributed by atoms with van der Waals surface area (Å²) in [7, 11) is 0. The van der Waals surface area contributed by atoms with Crippen molar-refractivity contribution in [2.24, 2.45) is 29.6 Å². The number of anilines is 1. The molecule has 5 aliphatic heterocycles. The van der Waals surface area contributed by atoms with Gasteiger partial charge in [-0.15, -0.1) is 0 Å². The molecule has 0 amide bonds. The number of fused-ring (bicyclic) bond motifs is 2. The van der Waals surface area contributed by atoms with E-state index < -0.39 is 0 Å². The highest BCUT2D eigenvalue weighted by Crippen LogP contribution is 2.48. The van der Waals surface area contributed by atoms with Crippen molar-refractivity contribution in [2.45, 2.75) is 237 Å². The third-order valence-electron chi connectivity index (χ3n) is 14.6. The van der Waals surface area contributed by atoms with Crippen LogP contribution in [-0.2, 0) is 22.4 Å². The van der Waals surface area contributed by atoms with E-state index in [1.165, 1.54) is 48.1 Å². The second-order valence-corrected chi connectivity index (χ2v) is 23.6. The van der Waals surface area contributed by atoms with Gasteiger partial charge in [0.15, 0.2) is 6.23 Å². The quantitative estimate of drug-likeness (QED) is 0.220. The monoisotopic (exact) mass is 912 g/mol. The van der Waals surface area contributed by atoms with E-state index in [1.54, 1.807) is 11.8 Å². The van der Waals surface area contributed by atoms with Crippen molar-refractivity contribution < 1.29 is 9.47 Å². The molecular formula is C59H101N5O2. The minimum atomic E-state index is 0.245. The molecule has 1 aliphatic carbocycles. The number of hydrogen-bond acceptors (Lipinski definition) is 7. The first-order chi connectivity index (χ1) is 30.9. The van der Waals surface area contributed by atoms with Crippen LogP contribution in [0.2, 0.25) is 0 Å². The molecule has 6 aliphatic rings. The second-order valence-electron chi connectivity index (χ2n) is 23.6. The van der Waals surface area contributed by atoms with Gasteiger partial charge in [-0.3, -0.25) is 14.7 Å². The predicted molar refractivity (Wildman–Crippen MR) is 285 cm³/mol. The first kappa shape index (κ1) is 55.8. The molecule has 2 saturated heterocycles. The Bertz CT molecular complexity index is 1680. The number of para-hydroxylation sites is 1. The fourth-order valence-corrected chi connectivity index (χ4v) is 10.9. The van der Waals surface area contributed by atoms with E-state index in [1.807, 2.05) is 6.20 Å². The van der Waals surface area contributed by atoms with Crippen LogP contribution in [0.1, 0.15) is 180 Å². The van der Waals surface area contributed by atoms with Crippen LogP contribution in [0.25, 0.3) is 0 Å². The Morgan fingerprint density at radius 1 is 0.530 bits per heavy atom. The number of rotatable bonds is 10. The first-order valence-electron chi connectivity index (χ1n) is 26.6. The summed E-state index contributed by atoms with van der Waals surface area (Å²) >= 11 is 0. The summed E-state index contributed by atoms with van der Waals surface area (Å²) in [5.41, 5.74) is 7.71. The summed E-state index contributed by atoms with van der Waals surface area (Å²) in [6.07, 6.45) is 9.39. The van der Waals surface area contributed by atoms with Crippen LogP contribution in [0.15, 0.2) is 73.1 Å². The van der Waals surface area contributed by atoms with E-state index in [0.29, 0.717) is 66.3 Å². The molecule has 0 radical (unpaired) electrons. The van der Waals surface area contributed by atoms with Crippen LogP contribution in [-0.4, -0.2) is 93.0 Å². The van der Waals surface area contributed by atoms with Crippen molar-refractivity contribution in [3.63, 3.8) is 0 Å². The average Bonchev–Trinajstić information content (AvgIpc) is 3.82. The van der Waals surface area contributed by atoms with Gasteiger partial charge in [-0.2, -0.15) is 0 Å². The van der Waals surface area contributed by atoms with Crippen LogP contribution < -0.4 is 4.90 Å². The molecule has 5 heterocycles. The number of nitrogens with zero attached hydrogens (tertiary/aromatic N) is 5. The lowest BCUT2D eigenvalue weighted by atomic mass is 9.95. The molecular weight excluding hydrogens is 811 g/mol. The van der Waals surface area contributed by atoms with E-state index >= 15 is 0 Å². The van der Waals surface area contributed by atoms with Gasteiger partial charge in [-0.05, 0) is 141 Å². The van der Waals surface area contributed by atoms with Crippen molar-refractivity contribution in [3.8, 4) is 0 Å². The summed E-state index contributed by atoms with van der Waals surface area (Å²) in [6.45, 7) is 52.8. The molecule has 5 atom stereocenters. The number of benzene rings is 2. The largest absolute Gasteiger partial charge is 0.476 e. The molecule has 374 valence electrons. The smallest absolute Gasteiger partial charge is 0.173 e. The predicted octanol–water partition coefficient (Wildman–Crippen LogP) is 14.2. The zero-order chi connectivity index (χ0) is 49.4. The van der Waals surface area contributed by atoms with E-state index in [2.05, 4.69) is 218 Å². The van der Waals surface area contributed by atoms with E-state index in [4.69, 9.17) is 9.47 Å². The Hall–Kier alpha value is -2.84. The number of ether oxygens (including phenoxy) is 2. The lowest BCUT2D eigenvalue weighted by Crippen LogP contribution is -2.40. The summed E-state index contributed by atoms with van der Waals surface area (Å²) in [4.78, 5) is 12.5. The van der Waals surface area contributed by atoms with Gasteiger partial charge in [-0.1, -0.05) is 124 Å². The first-order valence-corrected chi connectivity index (χ1v) is 26.6. The summed E-state index contributed by atoms with van der Waals surface area (Å²) in [5.74, 6) is 3.33. The molecule has 2 aromatic carbocycles. The van der Waals surface area contributed by atoms with Crippen molar-refractivity contribution in [1.29, 1.82) is 0 Å². The Labute approximate surface area is 407 Å². The minimum absolute atomic E-state index is 0.245. The van der Waals surface area contributed by atoms with E-state index in [0.717, 1.165) is 37.5 Å². The maximum Gasteiger partial charge on any atom is 0.173 e. The van der Waals surface area contributed by atoms with Gasteiger partial charge in [0.2, 0.25) is 0 Å². The molecule has 3 fully saturated rings. The van der Waals surface area contributed by atoms with Crippen molar-refractivity contribution in [3.05, 3.63) is 89.8 Å². The molecule has 1 spiro atoms. The fourth-order valence-electron chi connectivity index (χ4n) is 10.9. The third kappa shape index (κ3) is 14.4. The highest BCUT2D eigenvalue weighted by molar-refractivity contribution is 5.60. The minimum Gasteiger partial charge on any atom is -0.476 e. The Kier molecular flexibility index (Phi) is 20.8. The van der Waals surface area contributed by atoms with Gasteiger partial charge in [0.25, 0.3) is 0 Å². The molecule has 7 nitrogen and oxygen atoms in total.